The molecule has 0 aromatic heterocycles. The standard InChI is InChI=1S/C13H18F3NO/c1-9(17-2)8-10-4-6-11(7-5-10)12(18-3)13(14,15)16/h4-7,9,12,17H,8H2,1-3H3. The van der Waals surface area contributed by atoms with Crippen LogP contribution in [0.3, 0.4) is 0 Å². The number of rotatable bonds is 5. The molecule has 2 atom stereocenters. The summed E-state index contributed by atoms with van der Waals surface area (Å²) < 4.78 is 42.4. The predicted octanol–water partition coefficient (Wildman–Crippen LogP) is 3.09. The van der Waals surface area contributed by atoms with E-state index in [9.17, 15) is 13.2 Å². The number of halogens is 3. The molecule has 0 bridgehead atoms. The molecule has 0 fully saturated rings. The van der Waals surface area contributed by atoms with Crippen LogP contribution in [-0.2, 0) is 11.2 Å². The molecule has 0 saturated heterocycles. The Balaban J connectivity index is 2.81. The molecule has 2 unspecified atom stereocenters. The average molecular weight is 261 g/mol. The molecule has 0 aliphatic rings. The van der Waals surface area contributed by atoms with E-state index in [2.05, 4.69) is 10.1 Å². The number of alkyl halides is 3. The van der Waals surface area contributed by atoms with Gasteiger partial charge in [0.05, 0.1) is 0 Å². The van der Waals surface area contributed by atoms with Gasteiger partial charge in [-0.1, -0.05) is 24.3 Å². The zero-order chi connectivity index (χ0) is 13.8. The van der Waals surface area contributed by atoms with Gasteiger partial charge in [-0.3, -0.25) is 0 Å². The van der Waals surface area contributed by atoms with Crippen LogP contribution in [0.25, 0.3) is 0 Å². The Labute approximate surface area is 105 Å². The van der Waals surface area contributed by atoms with Crippen molar-refractivity contribution in [1.82, 2.24) is 5.32 Å². The molecule has 0 aliphatic carbocycles. The first kappa shape index (κ1) is 15.0. The van der Waals surface area contributed by atoms with Crippen LogP contribution >= 0.6 is 0 Å². The van der Waals surface area contributed by atoms with Crippen LogP contribution in [0.1, 0.15) is 24.2 Å². The minimum atomic E-state index is -4.38. The first-order valence-corrected chi connectivity index (χ1v) is 5.74. The molecule has 2 nitrogen and oxygen atoms in total. The van der Waals surface area contributed by atoms with Crippen molar-refractivity contribution in [2.75, 3.05) is 14.2 Å². The topological polar surface area (TPSA) is 21.3 Å². The summed E-state index contributed by atoms with van der Waals surface area (Å²) in [4.78, 5) is 0. The van der Waals surface area contributed by atoms with Gasteiger partial charge in [-0.05, 0) is 31.5 Å². The van der Waals surface area contributed by atoms with Crippen molar-refractivity contribution in [2.45, 2.75) is 31.7 Å². The van der Waals surface area contributed by atoms with Crippen LogP contribution in [0, 0.1) is 0 Å². The first-order chi connectivity index (χ1) is 8.38. The number of hydrogen-bond donors (Lipinski definition) is 1. The Morgan fingerprint density at radius 3 is 2.17 bits per heavy atom. The van der Waals surface area contributed by atoms with Gasteiger partial charge < -0.3 is 10.1 Å². The fourth-order valence-electron chi connectivity index (χ4n) is 1.74. The highest BCUT2D eigenvalue weighted by atomic mass is 19.4. The normalized spacial score (nSPS) is 15.4. The van der Waals surface area contributed by atoms with E-state index in [4.69, 9.17) is 0 Å². The molecular weight excluding hydrogens is 243 g/mol. The van der Waals surface area contributed by atoms with Gasteiger partial charge in [0.15, 0.2) is 6.10 Å². The Kier molecular flexibility index (Phi) is 5.16. The lowest BCUT2D eigenvalue weighted by atomic mass is 10.0. The van der Waals surface area contributed by atoms with Crippen LogP contribution in [0.2, 0.25) is 0 Å². The van der Waals surface area contributed by atoms with Crippen molar-refractivity contribution < 1.29 is 17.9 Å². The molecule has 102 valence electrons. The summed E-state index contributed by atoms with van der Waals surface area (Å²) in [7, 11) is 2.92. The third kappa shape index (κ3) is 3.99. The molecule has 1 aromatic rings. The van der Waals surface area contributed by atoms with Gasteiger partial charge in [0.1, 0.15) is 0 Å². The van der Waals surface area contributed by atoms with Crippen LogP contribution in [0.5, 0.6) is 0 Å². The zero-order valence-electron chi connectivity index (χ0n) is 10.7. The molecule has 0 radical (unpaired) electrons. The lowest BCUT2D eigenvalue weighted by molar-refractivity contribution is -0.215. The summed E-state index contributed by atoms with van der Waals surface area (Å²) >= 11 is 0. The summed E-state index contributed by atoms with van der Waals surface area (Å²) in [5, 5.41) is 3.08. The smallest absolute Gasteiger partial charge is 0.367 e. The summed E-state index contributed by atoms with van der Waals surface area (Å²) in [6.45, 7) is 2.02. The second kappa shape index (κ2) is 6.20. The molecule has 1 rings (SSSR count). The Morgan fingerprint density at radius 1 is 1.22 bits per heavy atom. The van der Waals surface area contributed by atoms with Gasteiger partial charge in [-0.2, -0.15) is 13.2 Å². The second-order valence-corrected chi connectivity index (χ2v) is 4.29. The van der Waals surface area contributed by atoms with Crippen LogP contribution in [0.15, 0.2) is 24.3 Å². The van der Waals surface area contributed by atoms with E-state index in [1.165, 1.54) is 12.1 Å². The van der Waals surface area contributed by atoms with Crippen molar-refractivity contribution in [3.05, 3.63) is 35.4 Å². The minimum Gasteiger partial charge on any atom is -0.367 e. The van der Waals surface area contributed by atoms with E-state index < -0.39 is 12.3 Å². The van der Waals surface area contributed by atoms with Gasteiger partial charge in [0, 0.05) is 13.2 Å². The second-order valence-electron chi connectivity index (χ2n) is 4.29. The molecule has 0 saturated carbocycles. The summed E-state index contributed by atoms with van der Waals surface area (Å²) in [5.41, 5.74) is 1.13. The quantitative estimate of drug-likeness (QED) is 0.879. The van der Waals surface area contributed by atoms with E-state index >= 15 is 0 Å². The molecule has 1 aromatic carbocycles. The Bertz CT molecular complexity index is 361. The summed E-state index contributed by atoms with van der Waals surface area (Å²) in [6.07, 6.45) is -5.46. The monoisotopic (exact) mass is 261 g/mol. The molecule has 0 spiro atoms. The van der Waals surface area contributed by atoms with Gasteiger partial charge in [0.25, 0.3) is 0 Å². The van der Waals surface area contributed by atoms with Crippen molar-refractivity contribution in [1.29, 1.82) is 0 Å². The number of hydrogen-bond acceptors (Lipinski definition) is 2. The lowest BCUT2D eigenvalue weighted by Crippen LogP contribution is -2.24. The predicted molar refractivity (Wildman–Crippen MR) is 64.5 cm³/mol. The highest BCUT2D eigenvalue weighted by Crippen LogP contribution is 2.35. The van der Waals surface area contributed by atoms with E-state index in [0.29, 0.717) is 0 Å². The number of methoxy groups -OCH3 is 1. The van der Waals surface area contributed by atoms with E-state index in [1.54, 1.807) is 12.1 Å². The number of nitrogens with one attached hydrogen (secondary N) is 1. The third-order valence-corrected chi connectivity index (χ3v) is 2.85. The Morgan fingerprint density at radius 2 is 1.78 bits per heavy atom. The summed E-state index contributed by atoms with van der Waals surface area (Å²) in [5.74, 6) is 0. The zero-order valence-corrected chi connectivity index (χ0v) is 10.7. The maximum absolute atomic E-state index is 12.6. The van der Waals surface area contributed by atoms with Crippen LogP contribution in [-0.4, -0.2) is 26.4 Å². The van der Waals surface area contributed by atoms with Crippen molar-refractivity contribution in [3.8, 4) is 0 Å². The fourth-order valence-corrected chi connectivity index (χ4v) is 1.74. The number of benzene rings is 1. The largest absolute Gasteiger partial charge is 0.418 e. The number of likely N-dealkylation sites (N-methyl/N-ethyl adjacent to an activating group) is 1. The summed E-state index contributed by atoms with van der Waals surface area (Å²) in [6, 6.07) is 6.65. The van der Waals surface area contributed by atoms with E-state index in [0.717, 1.165) is 19.1 Å². The Hall–Kier alpha value is -1.07. The van der Waals surface area contributed by atoms with Gasteiger partial charge in [-0.15, -0.1) is 0 Å². The minimum absolute atomic E-state index is 0.130. The van der Waals surface area contributed by atoms with Crippen molar-refractivity contribution in [3.63, 3.8) is 0 Å². The van der Waals surface area contributed by atoms with Gasteiger partial charge in [-0.25, -0.2) is 0 Å². The molecular formula is C13H18F3NO. The fraction of sp³-hybridized carbons (Fsp3) is 0.538. The van der Waals surface area contributed by atoms with Gasteiger partial charge >= 0.3 is 6.18 Å². The average Bonchev–Trinajstić information content (AvgIpc) is 2.30. The van der Waals surface area contributed by atoms with Crippen molar-refractivity contribution in [2.24, 2.45) is 0 Å². The van der Waals surface area contributed by atoms with E-state index in [-0.39, 0.29) is 11.6 Å². The lowest BCUT2D eigenvalue weighted by Gasteiger charge is -2.19. The molecule has 0 heterocycles. The van der Waals surface area contributed by atoms with Crippen molar-refractivity contribution >= 4 is 0 Å². The maximum Gasteiger partial charge on any atom is 0.418 e. The molecule has 18 heavy (non-hydrogen) atoms. The van der Waals surface area contributed by atoms with Gasteiger partial charge in [0.2, 0.25) is 0 Å². The third-order valence-electron chi connectivity index (χ3n) is 2.85. The number of ether oxygens (including phenoxy) is 1. The SMILES string of the molecule is CNC(C)Cc1ccc(C(OC)C(F)(F)F)cc1. The molecule has 1 N–H and O–H groups in total. The molecule has 5 heteroatoms. The van der Waals surface area contributed by atoms with Crippen LogP contribution < -0.4 is 5.32 Å². The maximum atomic E-state index is 12.6. The molecule has 0 aliphatic heterocycles. The molecule has 0 amide bonds. The van der Waals surface area contributed by atoms with Crippen LogP contribution in [0.4, 0.5) is 13.2 Å². The highest BCUT2D eigenvalue weighted by Gasteiger charge is 2.41. The highest BCUT2D eigenvalue weighted by molar-refractivity contribution is 5.25. The van der Waals surface area contributed by atoms with E-state index in [1.807, 2.05) is 14.0 Å². The first-order valence-electron chi connectivity index (χ1n) is 5.74.